The molecule has 1 aliphatic carbocycles. The van der Waals surface area contributed by atoms with E-state index in [1.807, 2.05) is 30.3 Å². The number of benzene rings is 1. The van der Waals surface area contributed by atoms with Crippen molar-refractivity contribution in [1.29, 1.82) is 0 Å². The Morgan fingerprint density at radius 1 is 1.30 bits per heavy atom. The normalized spacial score (nSPS) is 18.4. The molecule has 0 bridgehead atoms. The second-order valence-electron chi connectivity index (χ2n) is 5.19. The summed E-state index contributed by atoms with van der Waals surface area (Å²) in [4.78, 5) is 12.0. The van der Waals surface area contributed by atoms with Crippen molar-refractivity contribution in [2.24, 2.45) is 11.7 Å². The summed E-state index contributed by atoms with van der Waals surface area (Å²) in [7, 11) is 0. The van der Waals surface area contributed by atoms with E-state index in [4.69, 9.17) is 5.73 Å². The largest absolute Gasteiger partial charge is 0.411 e. The maximum Gasteiger partial charge on any atom is 0.411 e. The van der Waals surface area contributed by atoms with Gasteiger partial charge < -0.3 is 11.1 Å². The number of carbonyl (C=O) groups excluding carboxylic acids is 1. The molecule has 0 radical (unpaired) electrons. The first-order valence-electron chi connectivity index (χ1n) is 6.51. The van der Waals surface area contributed by atoms with Crippen molar-refractivity contribution in [3.05, 3.63) is 35.9 Å². The summed E-state index contributed by atoms with van der Waals surface area (Å²) >= 11 is 0. The monoisotopic (exact) mass is 286 g/mol. The number of halogens is 3. The van der Waals surface area contributed by atoms with Crippen molar-refractivity contribution in [2.45, 2.75) is 31.0 Å². The van der Waals surface area contributed by atoms with Crippen molar-refractivity contribution < 1.29 is 18.0 Å². The number of hydrogen-bond acceptors (Lipinski definition) is 2. The Bertz CT molecular complexity index is 469. The minimum Gasteiger partial charge on any atom is -0.342 e. The third-order valence-corrected chi connectivity index (χ3v) is 3.64. The third kappa shape index (κ3) is 3.12. The van der Waals surface area contributed by atoms with Crippen LogP contribution in [0.4, 0.5) is 13.2 Å². The zero-order chi connectivity index (χ0) is 14.8. The highest BCUT2D eigenvalue weighted by molar-refractivity contribution is 5.80. The van der Waals surface area contributed by atoms with Crippen LogP contribution in [-0.2, 0) is 11.2 Å². The van der Waals surface area contributed by atoms with Crippen molar-refractivity contribution in [3.8, 4) is 0 Å². The molecule has 2 rings (SSSR count). The molecule has 0 spiro atoms. The van der Waals surface area contributed by atoms with Crippen molar-refractivity contribution in [3.63, 3.8) is 0 Å². The molecule has 1 aliphatic rings. The first kappa shape index (κ1) is 14.8. The van der Waals surface area contributed by atoms with E-state index >= 15 is 0 Å². The van der Waals surface area contributed by atoms with Crippen LogP contribution in [0.3, 0.4) is 0 Å². The lowest BCUT2D eigenvalue weighted by Gasteiger charge is -2.23. The maximum absolute atomic E-state index is 12.8. The average molecular weight is 286 g/mol. The molecular formula is C14H17F3N2O. The van der Waals surface area contributed by atoms with Crippen LogP contribution in [0.25, 0.3) is 0 Å². The van der Waals surface area contributed by atoms with Crippen molar-refractivity contribution >= 4 is 5.91 Å². The summed E-state index contributed by atoms with van der Waals surface area (Å²) in [5, 5.41) is 2.13. The Morgan fingerprint density at radius 3 is 2.35 bits per heavy atom. The second-order valence-corrected chi connectivity index (χ2v) is 5.19. The Hall–Kier alpha value is -1.56. The molecule has 1 saturated carbocycles. The minimum atomic E-state index is -4.39. The SMILES string of the molecule is NCC(Cc1ccccc1)C(=O)NC1(C(F)(F)F)CC1. The van der Waals surface area contributed by atoms with Gasteiger partial charge in [-0.1, -0.05) is 30.3 Å². The van der Waals surface area contributed by atoms with Crippen LogP contribution in [-0.4, -0.2) is 24.2 Å². The van der Waals surface area contributed by atoms with E-state index in [9.17, 15) is 18.0 Å². The number of alkyl halides is 3. The topological polar surface area (TPSA) is 55.1 Å². The summed E-state index contributed by atoms with van der Waals surface area (Å²) in [5.41, 5.74) is 4.39. The summed E-state index contributed by atoms with van der Waals surface area (Å²) < 4.78 is 38.4. The van der Waals surface area contributed by atoms with Crippen LogP contribution in [0.2, 0.25) is 0 Å². The predicted molar refractivity (Wildman–Crippen MR) is 68.9 cm³/mol. The summed E-state index contributed by atoms with van der Waals surface area (Å²) in [6.07, 6.45) is -4.15. The lowest BCUT2D eigenvalue weighted by atomic mass is 9.98. The van der Waals surface area contributed by atoms with Gasteiger partial charge in [-0.3, -0.25) is 4.79 Å². The molecule has 110 valence electrons. The number of nitrogens with one attached hydrogen (secondary N) is 1. The fourth-order valence-electron chi connectivity index (χ4n) is 2.12. The number of nitrogens with two attached hydrogens (primary N) is 1. The van der Waals surface area contributed by atoms with E-state index in [1.54, 1.807) is 0 Å². The van der Waals surface area contributed by atoms with Crippen LogP contribution in [0.1, 0.15) is 18.4 Å². The number of rotatable bonds is 5. The highest BCUT2D eigenvalue weighted by Gasteiger charge is 2.64. The fraction of sp³-hybridized carbons (Fsp3) is 0.500. The van der Waals surface area contributed by atoms with Gasteiger partial charge in [0.25, 0.3) is 0 Å². The van der Waals surface area contributed by atoms with Gasteiger partial charge in [0.15, 0.2) is 0 Å². The highest BCUT2D eigenvalue weighted by Crippen LogP contribution is 2.49. The molecule has 1 unspecified atom stereocenters. The third-order valence-electron chi connectivity index (χ3n) is 3.64. The molecule has 1 atom stereocenters. The number of amides is 1. The summed E-state index contributed by atoms with van der Waals surface area (Å²) in [5.74, 6) is -1.26. The minimum absolute atomic E-state index is 0.0225. The zero-order valence-corrected chi connectivity index (χ0v) is 10.9. The molecule has 1 amide bonds. The van der Waals surface area contributed by atoms with Gasteiger partial charge in [-0.15, -0.1) is 0 Å². The number of hydrogen-bond donors (Lipinski definition) is 2. The van der Waals surface area contributed by atoms with Gasteiger partial charge in [0, 0.05) is 6.54 Å². The average Bonchev–Trinajstić information content (AvgIpc) is 3.17. The molecule has 1 aromatic rings. The van der Waals surface area contributed by atoms with E-state index in [0.717, 1.165) is 5.56 Å². The molecule has 0 saturated heterocycles. The van der Waals surface area contributed by atoms with Gasteiger partial charge in [-0.2, -0.15) is 13.2 Å². The first-order chi connectivity index (χ1) is 9.38. The number of carbonyl (C=O) groups is 1. The molecule has 0 aliphatic heterocycles. The molecule has 0 heterocycles. The molecule has 20 heavy (non-hydrogen) atoms. The Balaban J connectivity index is 2.00. The Kier molecular flexibility index (Phi) is 4.04. The standard InChI is InChI=1S/C14H17F3N2O/c15-14(16,17)13(6-7-13)19-12(20)11(9-18)8-10-4-2-1-3-5-10/h1-5,11H,6-9,18H2,(H,19,20). The van der Waals surface area contributed by atoms with Crippen LogP contribution in [0.5, 0.6) is 0 Å². The van der Waals surface area contributed by atoms with E-state index in [-0.39, 0.29) is 19.4 Å². The van der Waals surface area contributed by atoms with E-state index in [2.05, 4.69) is 5.32 Å². The van der Waals surface area contributed by atoms with Gasteiger partial charge in [-0.25, -0.2) is 0 Å². The van der Waals surface area contributed by atoms with E-state index in [1.165, 1.54) is 0 Å². The van der Waals surface area contributed by atoms with Crippen LogP contribution in [0.15, 0.2) is 30.3 Å². The molecule has 1 aromatic carbocycles. The molecule has 0 aromatic heterocycles. The van der Waals surface area contributed by atoms with E-state index in [0.29, 0.717) is 6.42 Å². The predicted octanol–water partition coefficient (Wildman–Crippen LogP) is 2.02. The van der Waals surface area contributed by atoms with Gasteiger partial charge >= 0.3 is 6.18 Å². The van der Waals surface area contributed by atoms with Gasteiger partial charge in [0.05, 0.1) is 5.92 Å². The quantitative estimate of drug-likeness (QED) is 0.870. The fourth-order valence-corrected chi connectivity index (χ4v) is 2.12. The van der Waals surface area contributed by atoms with Crippen LogP contribution < -0.4 is 11.1 Å². The van der Waals surface area contributed by atoms with Gasteiger partial charge in [0.2, 0.25) is 5.91 Å². The van der Waals surface area contributed by atoms with Crippen molar-refractivity contribution in [2.75, 3.05) is 6.54 Å². The molecular weight excluding hydrogens is 269 g/mol. The lowest BCUT2D eigenvalue weighted by molar-refractivity contribution is -0.171. The first-order valence-corrected chi connectivity index (χ1v) is 6.51. The molecule has 6 heteroatoms. The molecule has 3 nitrogen and oxygen atoms in total. The smallest absolute Gasteiger partial charge is 0.342 e. The van der Waals surface area contributed by atoms with E-state index < -0.39 is 23.5 Å². The second kappa shape index (κ2) is 5.44. The maximum atomic E-state index is 12.8. The van der Waals surface area contributed by atoms with Crippen LogP contribution in [0, 0.1) is 5.92 Å². The summed E-state index contributed by atoms with van der Waals surface area (Å²) in [6.45, 7) is 0.0225. The molecule has 3 N–H and O–H groups in total. The molecule has 1 fully saturated rings. The zero-order valence-electron chi connectivity index (χ0n) is 10.9. The summed E-state index contributed by atoms with van der Waals surface area (Å²) in [6, 6.07) is 9.13. The van der Waals surface area contributed by atoms with Crippen LogP contribution >= 0.6 is 0 Å². The van der Waals surface area contributed by atoms with Crippen molar-refractivity contribution in [1.82, 2.24) is 5.32 Å². The highest BCUT2D eigenvalue weighted by atomic mass is 19.4. The Labute approximate surface area is 115 Å². The van der Waals surface area contributed by atoms with Gasteiger partial charge in [-0.05, 0) is 24.8 Å². The van der Waals surface area contributed by atoms with Gasteiger partial charge in [0.1, 0.15) is 5.54 Å². The lowest BCUT2D eigenvalue weighted by Crippen LogP contribution is -2.51. The Morgan fingerprint density at radius 2 is 1.90 bits per heavy atom.